The third-order valence-electron chi connectivity index (χ3n) is 7.37. The third kappa shape index (κ3) is 7.70. The molecule has 0 radical (unpaired) electrons. The standard InChI is InChI=1S/C33H33N7O8/c1-4-7-27-34-29(33(2,3)44)28(31(41)42)38(27)18-21-14-16-24(17-15-21)25-8-5-6-9-26(25)30-35-37-39(36-30)32(43)47-19-22-10-12-23(13-11-22)20-48-40(45)46/h5-6,8-17,44H,4,7,18-20H2,1-3H3,(H,41,42). The van der Waals surface area contributed by atoms with Crippen molar-refractivity contribution in [1.29, 1.82) is 0 Å². The van der Waals surface area contributed by atoms with Gasteiger partial charge in [-0.3, -0.25) is 0 Å². The minimum absolute atomic E-state index is 0.0359. The Labute approximate surface area is 274 Å². The number of ether oxygens (including phenoxy) is 1. The highest BCUT2D eigenvalue weighted by atomic mass is 16.9. The zero-order valence-corrected chi connectivity index (χ0v) is 26.4. The molecule has 15 heteroatoms. The van der Waals surface area contributed by atoms with Gasteiger partial charge in [-0.2, -0.15) is 0 Å². The van der Waals surface area contributed by atoms with E-state index in [1.54, 1.807) is 34.9 Å². The number of rotatable bonds is 13. The molecule has 0 bridgehead atoms. The molecule has 0 unspecified atom stereocenters. The second-order valence-electron chi connectivity index (χ2n) is 11.4. The number of aromatic nitrogens is 6. The van der Waals surface area contributed by atoms with Gasteiger partial charge in [0.05, 0.1) is 0 Å². The van der Waals surface area contributed by atoms with Crippen LogP contribution < -0.4 is 0 Å². The molecule has 0 spiro atoms. The van der Waals surface area contributed by atoms with Gasteiger partial charge >= 0.3 is 12.1 Å². The Morgan fingerprint density at radius 2 is 1.56 bits per heavy atom. The molecule has 0 saturated heterocycles. The number of hydrogen-bond acceptors (Lipinski definition) is 11. The number of nitrogens with zero attached hydrogens (tertiary/aromatic N) is 7. The van der Waals surface area contributed by atoms with Crippen LogP contribution in [-0.4, -0.2) is 57.1 Å². The van der Waals surface area contributed by atoms with Gasteiger partial charge in [0.1, 0.15) is 30.3 Å². The largest absolute Gasteiger partial charge is 0.477 e. The van der Waals surface area contributed by atoms with E-state index in [1.807, 2.05) is 49.4 Å². The number of carboxylic acids is 1. The van der Waals surface area contributed by atoms with Crippen LogP contribution in [0.15, 0.2) is 72.8 Å². The van der Waals surface area contributed by atoms with Crippen LogP contribution in [0.3, 0.4) is 0 Å². The van der Waals surface area contributed by atoms with Gasteiger partial charge in [-0.15, -0.1) is 20.3 Å². The zero-order chi connectivity index (χ0) is 34.4. The first kappa shape index (κ1) is 33.4. The molecule has 0 aliphatic carbocycles. The molecular formula is C33H33N7O8. The quantitative estimate of drug-likeness (QED) is 0.127. The highest BCUT2D eigenvalue weighted by molar-refractivity contribution is 5.87. The Balaban J connectivity index is 1.31. The van der Waals surface area contributed by atoms with Crippen LogP contribution in [0.1, 0.15) is 65.9 Å². The lowest BCUT2D eigenvalue weighted by Gasteiger charge is -2.16. The third-order valence-corrected chi connectivity index (χ3v) is 7.37. The number of aryl methyl sites for hydroxylation is 1. The fraction of sp³-hybridized carbons (Fsp3) is 0.273. The molecule has 0 aliphatic heterocycles. The molecule has 2 heterocycles. The number of carbonyl (C=O) groups is 2. The smallest absolute Gasteiger partial charge is 0.454 e. The summed E-state index contributed by atoms with van der Waals surface area (Å²) in [6.45, 7) is 5.00. The van der Waals surface area contributed by atoms with Gasteiger partial charge < -0.3 is 24.4 Å². The summed E-state index contributed by atoms with van der Waals surface area (Å²) in [4.78, 5) is 44.9. The molecule has 0 aliphatic rings. The molecule has 5 aromatic rings. The van der Waals surface area contributed by atoms with E-state index in [9.17, 15) is 29.9 Å². The van der Waals surface area contributed by atoms with Crippen molar-refractivity contribution in [3.05, 3.63) is 117 Å². The summed E-state index contributed by atoms with van der Waals surface area (Å²) < 4.78 is 6.95. The number of aliphatic hydroxyl groups is 1. The number of tetrazole rings is 1. The number of benzene rings is 3. The van der Waals surface area contributed by atoms with Crippen molar-refractivity contribution in [3.63, 3.8) is 0 Å². The summed E-state index contributed by atoms with van der Waals surface area (Å²) in [5.74, 6) is -0.365. The minimum Gasteiger partial charge on any atom is -0.477 e. The van der Waals surface area contributed by atoms with E-state index in [0.29, 0.717) is 28.9 Å². The van der Waals surface area contributed by atoms with Gasteiger partial charge in [-0.25, -0.2) is 14.6 Å². The van der Waals surface area contributed by atoms with Crippen molar-refractivity contribution < 1.29 is 34.5 Å². The molecule has 0 fully saturated rings. The molecule has 0 amide bonds. The number of carboxylic acid groups (broad SMARTS) is 1. The average Bonchev–Trinajstić information content (AvgIpc) is 3.70. The lowest BCUT2D eigenvalue weighted by molar-refractivity contribution is -0.763. The number of imidazole rings is 1. The monoisotopic (exact) mass is 655 g/mol. The number of carbonyl (C=O) groups excluding carboxylic acids is 1. The van der Waals surface area contributed by atoms with Crippen molar-refractivity contribution in [2.75, 3.05) is 0 Å². The van der Waals surface area contributed by atoms with Gasteiger partial charge in [0.2, 0.25) is 5.82 Å². The maximum Gasteiger partial charge on any atom is 0.454 e. The van der Waals surface area contributed by atoms with Crippen LogP contribution in [0.25, 0.3) is 22.5 Å². The summed E-state index contributed by atoms with van der Waals surface area (Å²) in [5.41, 5.74) is 2.98. The van der Waals surface area contributed by atoms with Gasteiger partial charge in [0.25, 0.3) is 5.09 Å². The fourth-order valence-electron chi connectivity index (χ4n) is 5.09. The molecule has 2 N–H and O–H groups in total. The van der Waals surface area contributed by atoms with E-state index in [2.05, 4.69) is 25.2 Å². The van der Waals surface area contributed by atoms with Gasteiger partial charge in [-0.05, 0) is 53.3 Å². The lowest BCUT2D eigenvalue weighted by Crippen LogP contribution is -2.22. The van der Waals surface area contributed by atoms with Crippen LogP contribution in [0, 0.1) is 10.1 Å². The Kier molecular flexibility index (Phi) is 9.89. The van der Waals surface area contributed by atoms with Crippen molar-refractivity contribution in [2.24, 2.45) is 0 Å². The van der Waals surface area contributed by atoms with Crippen molar-refractivity contribution in [2.45, 2.75) is 59.0 Å². The van der Waals surface area contributed by atoms with Crippen molar-refractivity contribution in [1.82, 2.24) is 29.8 Å². The maximum atomic E-state index is 12.7. The number of aromatic carboxylic acids is 1. The molecule has 0 saturated carbocycles. The second-order valence-corrected chi connectivity index (χ2v) is 11.4. The highest BCUT2D eigenvalue weighted by Gasteiger charge is 2.31. The fourth-order valence-corrected chi connectivity index (χ4v) is 5.09. The maximum absolute atomic E-state index is 12.7. The zero-order valence-electron chi connectivity index (χ0n) is 26.4. The van der Waals surface area contributed by atoms with E-state index in [-0.39, 0.29) is 37.0 Å². The highest BCUT2D eigenvalue weighted by Crippen LogP contribution is 2.31. The molecule has 2 aromatic heterocycles. The average molecular weight is 656 g/mol. The normalized spacial score (nSPS) is 11.3. The summed E-state index contributed by atoms with van der Waals surface area (Å²) >= 11 is 0. The van der Waals surface area contributed by atoms with Crippen molar-refractivity contribution in [3.8, 4) is 22.5 Å². The Morgan fingerprint density at radius 1 is 0.938 bits per heavy atom. The first-order valence-electron chi connectivity index (χ1n) is 15.0. The molecule has 48 heavy (non-hydrogen) atoms. The predicted molar refractivity (Wildman–Crippen MR) is 170 cm³/mol. The molecule has 248 valence electrons. The lowest BCUT2D eigenvalue weighted by atomic mass is 9.98. The predicted octanol–water partition coefficient (Wildman–Crippen LogP) is 5.02. The molecule has 5 rings (SSSR count). The first-order valence-corrected chi connectivity index (χ1v) is 15.0. The summed E-state index contributed by atoms with van der Waals surface area (Å²) in [6.07, 6.45) is 0.471. The second kappa shape index (κ2) is 14.2. The van der Waals surface area contributed by atoms with E-state index in [4.69, 9.17) is 4.74 Å². The van der Waals surface area contributed by atoms with E-state index in [0.717, 1.165) is 27.9 Å². The molecule has 0 atom stereocenters. The summed E-state index contributed by atoms with van der Waals surface area (Å²) in [6, 6.07) is 21.5. The van der Waals surface area contributed by atoms with Crippen LogP contribution >= 0.6 is 0 Å². The Bertz CT molecular complexity index is 1930. The van der Waals surface area contributed by atoms with E-state index >= 15 is 0 Å². The van der Waals surface area contributed by atoms with Crippen LogP contribution in [0.4, 0.5) is 4.79 Å². The Morgan fingerprint density at radius 3 is 2.17 bits per heavy atom. The summed E-state index contributed by atoms with van der Waals surface area (Å²) in [5, 5.41) is 42.3. The SMILES string of the molecule is CCCc1nc(C(C)(C)O)c(C(=O)O)n1Cc1ccc(-c2ccccc2-c2nnn(C(=O)OCc3ccc(CO[N+](=O)[O-])cc3)n2)cc1. The van der Waals surface area contributed by atoms with Crippen LogP contribution in [0.2, 0.25) is 0 Å². The van der Waals surface area contributed by atoms with Crippen LogP contribution in [0.5, 0.6) is 0 Å². The summed E-state index contributed by atoms with van der Waals surface area (Å²) in [7, 11) is 0. The van der Waals surface area contributed by atoms with Crippen molar-refractivity contribution >= 4 is 12.1 Å². The van der Waals surface area contributed by atoms with Gasteiger partial charge in [0.15, 0.2) is 5.69 Å². The molecular weight excluding hydrogens is 622 g/mol. The molecule has 3 aromatic carbocycles. The Hall–Kier alpha value is -5.96. The first-order chi connectivity index (χ1) is 22.9. The number of hydrogen-bond donors (Lipinski definition) is 2. The van der Waals surface area contributed by atoms with Crippen LogP contribution in [-0.2, 0) is 41.4 Å². The topological polar surface area (TPSA) is 198 Å². The van der Waals surface area contributed by atoms with Gasteiger partial charge in [0, 0.05) is 18.5 Å². The van der Waals surface area contributed by atoms with E-state index < -0.39 is 22.8 Å². The molecule has 15 nitrogen and oxygen atoms in total. The van der Waals surface area contributed by atoms with Gasteiger partial charge in [-0.1, -0.05) is 84.5 Å². The minimum atomic E-state index is -1.42. The van der Waals surface area contributed by atoms with E-state index in [1.165, 1.54) is 13.8 Å².